The molecule has 3 aromatic carbocycles. The van der Waals surface area contributed by atoms with Crippen molar-refractivity contribution in [3.63, 3.8) is 0 Å². The average Bonchev–Trinajstić information content (AvgIpc) is 2.89. The summed E-state index contributed by atoms with van der Waals surface area (Å²) in [5, 5.41) is 10.6. The minimum Gasteiger partial charge on any atom is -0.384 e. The molecule has 40 heavy (non-hydrogen) atoms. The van der Waals surface area contributed by atoms with Gasteiger partial charge in [0.05, 0.1) is 23.2 Å². The second-order valence-corrected chi connectivity index (χ2v) is 13.0. The molecule has 2 aliphatic rings. The minimum atomic E-state index is -0.480. The summed E-state index contributed by atoms with van der Waals surface area (Å²) >= 11 is 1.82. The predicted molar refractivity (Wildman–Crippen MR) is 165 cm³/mol. The Morgan fingerprint density at radius 2 is 1.62 bits per heavy atom. The first-order valence-corrected chi connectivity index (χ1v) is 14.8. The Bertz CT molecular complexity index is 1620. The number of hydrogen-bond donors (Lipinski definition) is 1. The fourth-order valence-electron chi connectivity index (χ4n) is 6.17. The fraction of sp³-hybridized carbons (Fsp3) is 0.314. The van der Waals surface area contributed by atoms with Gasteiger partial charge in [-0.25, -0.2) is 0 Å². The first kappa shape index (κ1) is 27.8. The summed E-state index contributed by atoms with van der Waals surface area (Å²) in [5.41, 5.74) is 16.5. The van der Waals surface area contributed by atoms with Crippen molar-refractivity contribution in [1.82, 2.24) is 0 Å². The third-order valence-electron chi connectivity index (χ3n) is 8.25. The van der Waals surface area contributed by atoms with Crippen LogP contribution in [0.3, 0.4) is 0 Å². The maximum absolute atomic E-state index is 14.0. The zero-order valence-corrected chi connectivity index (χ0v) is 25.1. The van der Waals surface area contributed by atoms with Crippen LogP contribution in [0.15, 0.2) is 88.2 Å². The highest BCUT2D eigenvalue weighted by Gasteiger charge is 2.45. The van der Waals surface area contributed by atoms with E-state index >= 15 is 0 Å². The van der Waals surface area contributed by atoms with Gasteiger partial charge in [-0.1, -0.05) is 62.4 Å². The molecule has 0 fully saturated rings. The van der Waals surface area contributed by atoms with Crippen LogP contribution < -0.4 is 10.6 Å². The Kier molecular flexibility index (Phi) is 7.42. The lowest BCUT2D eigenvalue weighted by Crippen LogP contribution is -2.42. The van der Waals surface area contributed by atoms with Crippen molar-refractivity contribution in [3.8, 4) is 6.07 Å². The number of nitriles is 1. The number of benzene rings is 3. The van der Waals surface area contributed by atoms with Crippen molar-refractivity contribution >= 4 is 23.2 Å². The van der Waals surface area contributed by atoms with E-state index < -0.39 is 5.92 Å². The largest absolute Gasteiger partial charge is 0.384 e. The van der Waals surface area contributed by atoms with Crippen molar-refractivity contribution in [1.29, 1.82) is 5.26 Å². The number of hydrogen-bond acceptors (Lipinski definition) is 5. The van der Waals surface area contributed by atoms with Crippen LogP contribution in [0, 0.1) is 44.4 Å². The van der Waals surface area contributed by atoms with Gasteiger partial charge in [-0.15, -0.1) is 11.8 Å². The number of Topliss-reactive ketones (excluding diaryl/α,β-unsaturated/α-hetero) is 1. The molecule has 1 unspecified atom stereocenters. The number of nitrogens with two attached hydrogens (primary N) is 1. The Hall–Kier alpha value is -3.75. The van der Waals surface area contributed by atoms with Gasteiger partial charge in [-0.3, -0.25) is 9.69 Å². The normalized spacial score (nSPS) is 18.6. The number of allylic oxidation sites excluding steroid dienone is 3. The molecule has 2 N–H and O–H groups in total. The van der Waals surface area contributed by atoms with E-state index in [0.29, 0.717) is 24.2 Å². The summed E-state index contributed by atoms with van der Waals surface area (Å²) in [6.07, 6.45) is 1.16. The van der Waals surface area contributed by atoms with E-state index in [1.807, 2.05) is 47.9 Å². The van der Waals surface area contributed by atoms with Crippen molar-refractivity contribution in [2.24, 2.45) is 11.1 Å². The third kappa shape index (κ3) is 4.97. The highest BCUT2D eigenvalue weighted by molar-refractivity contribution is 7.98. The number of para-hydroxylation sites is 1. The van der Waals surface area contributed by atoms with Gasteiger partial charge in [0.25, 0.3) is 0 Å². The van der Waals surface area contributed by atoms with E-state index in [1.54, 1.807) is 0 Å². The molecule has 204 valence electrons. The van der Waals surface area contributed by atoms with E-state index in [0.717, 1.165) is 39.4 Å². The van der Waals surface area contributed by atoms with Crippen LogP contribution in [-0.2, 0) is 10.5 Å². The molecular weight excluding hydrogens is 510 g/mol. The number of carbonyl (C=O) groups is 1. The van der Waals surface area contributed by atoms with Crippen LogP contribution in [0.5, 0.6) is 0 Å². The average molecular weight is 548 g/mol. The van der Waals surface area contributed by atoms with Gasteiger partial charge < -0.3 is 5.73 Å². The Morgan fingerprint density at radius 1 is 0.950 bits per heavy atom. The number of rotatable bonds is 5. The number of aryl methyl sites for hydroxylation is 4. The molecule has 1 atom stereocenters. The van der Waals surface area contributed by atoms with E-state index in [4.69, 9.17) is 5.73 Å². The maximum Gasteiger partial charge on any atom is 0.162 e. The van der Waals surface area contributed by atoms with Crippen LogP contribution in [0.25, 0.3) is 0 Å². The zero-order chi connectivity index (χ0) is 28.8. The number of nitrogens with zero attached hydrogens (tertiary/aromatic N) is 2. The highest BCUT2D eigenvalue weighted by atomic mass is 32.2. The summed E-state index contributed by atoms with van der Waals surface area (Å²) in [7, 11) is 0. The standard InChI is InChI=1S/C35H37N3OS/c1-21-11-7-9-13-28(21)38-29-17-35(5,6)18-30(39)33(29)32(27(19-36)34(38)37)26-16-25(23(3)15-24(26)4)20-40-31-14-10-8-12-22(31)2/h7-16,32H,17-18,20,37H2,1-6H3. The third-order valence-corrected chi connectivity index (χ3v) is 9.47. The number of carbonyl (C=O) groups excluding carboxylic acids is 1. The van der Waals surface area contributed by atoms with Crippen molar-refractivity contribution in [2.75, 3.05) is 4.90 Å². The minimum absolute atomic E-state index is 0.103. The van der Waals surface area contributed by atoms with Crippen molar-refractivity contribution < 1.29 is 4.79 Å². The monoisotopic (exact) mass is 547 g/mol. The summed E-state index contributed by atoms with van der Waals surface area (Å²) in [5.74, 6) is 0.847. The molecule has 0 saturated carbocycles. The molecular formula is C35H37N3OS. The smallest absolute Gasteiger partial charge is 0.162 e. The molecule has 1 aliphatic heterocycles. The molecule has 0 saturated heterocycles. The summed E-state index contributed by atoms with van der Waals surface area (Å²) in [4.78, 5) is 17.2. The lowest BCUT2D eigenvalue weighted by atomic mass is 9.68. The predicted octanol–water partition coefficient (Wildman–Crippen LogP) is 8.15. The van der Waals surface area contributed by atoms with E-state index in [-0.39, 0.29) is 11.2 Å². The zero-order valence-electron chi connectivity index (χ0n) is 24.3. The van der Waals surface area contributed by atoms with Gasteiger partial charge in [-0.05, 0) is 85.0 Å². The quantitative estimate of drug-likeness (QED) is 0.326. The number of anilines is 1. The molecule has 1 heterocycles. The van der Waals surface area contributed by atoms with Crippen LogP contribution in [-0.4, -0.2) is 5.78 Å². The number of thioether (sulfide) groups is 1. The van der Waals surface area contributed by atoms with Crippen LogP contribution in [0.4, 0.5) is 5.69 Å². The first-order valence-electron chi connectivity index (χ1n) is 13.8. The summed E-state index contributed by atoms with van der Waals surface area (Å²) in [6, 6.07) is 23.3. The maximum atomic E-state index is 14.0. The highest BCUT2D eigenvalue weighted by Crippen LogP contribution is 2.51. The second-order valence-electron chi connectivity index (χ2n) is 12.0. The molecule has 0 bridgehead atoms. The van der Waals surface area contributed by atoms with E-state index in [1.165, 1.54) is 21.6 Å². The second kappa shape index (κ2) is 10.7. The van der Waals surface area contributed by atoms with Crippen LogP contribution >= 0.6 is 11.8 Å². The van der Waals surface area contributed by atoms with E-state index in [9.17, 15) is 10.1 Å². The topological polar surface area (TPSA) is 70.1 Å². The van der Waals surface area contributed by atoms with Crippen LogP contribution in [0.1, 0.15) is 66.0 Å². The molecule has 5 heteroatoms. The summed E-state index contributed by atoms with van der Waals surface area (Å²) in [6.45, 7) is 12.7. The van der Waals surface area contributed by atoms with Crippen molar-refractivity contribution in [2.45, 2.75) is 71.0 Å². The SMILES string of the molecule is Cc1cc(C)c(C2C(C#N)=C(N)N(c3ccccc3C)C3=C2C(=O)CC(C)(C)C3)cc1CSc1ccccc1C. The lowest BCUT2D eigenvalue weighted by Gasteiger charge is -2.44. The molecule has 0 amide bonds. The van der Waals surface area contributed by atoms with Crippen molar-refractivity contribution in [3.05, 3.63) is 117 Å². The molecule has 5 rings (SSSR count). The molecule has 1 aliphatic carbocycles. The van der Waals surface area contributed by atoms with Gasteiger partial charge in [0, 0.05) is 28.3 Å². The first-order chi connectivity index (χ1) is 19.0. The van der Waals surface area contributed by atoms with Crippen LogP contribution in [0.2, 0.25) is 0 Å². The molecule has 3 aromatic rings. The Labute approximate surface area is 242 Å². The van der Waals surface area contributed by atoms with Gasteiger partial charge in [-0.2, -0.15) is 5.26 Å². The molecule has 0 spiro atoms. The van der Waals surface area contributed by atoms with E-state index in [2.05, 4.69) is 77.1 Å². The Morgan fingerprint density at radius 3 is 2.30 bits per heavy atom. The molecule has 4 nitrogen and oxygen atoms in total. The molecule has 0 radical (unpaired) electrons. The van der Waals surface area contributed by atoms with Gasteiger partial charge >= 0.3 is 0 Å². The fourth-order valence-corrected chi connectivity index (χ4v) is 7.26. The number of ketones is 1. The van der Waals surface area contributed by atoms with Gasteiger partial charge in [0.1, 0.15) is 5.82 Å². The van der Waals surface area contributed by atoms with Gasteiger partial charge in [0.15, 0.2) is 5.78 Å². The summed E-state index contributed by atoms with van der Waals surface area (Å²) < 4.78 is 0. The Balaban J connectivity index is 1.68. The molecule has 0 aromatic heterocycles. The lowest BCUT2D eigenvalue weighted by molar-refractivity contribution is -0.118. The van der Waals surface area contributed by atoms with Gasteiger partial charge in [0.2, 0.25) is 0 Å².